The summed E-state index contributed by atoms with van der Waals surface area (Å²) >= 11 is 0. The summed E-state index contributed by atoms with van der Waals surface area (Å²) in [4.78, 5) is 14.9. The van der Waals surface area contributed by atoms with E-state index in [0.29, 0.717) is 11.4 Å². The second kappa shape index (κ2) is 10.1. The molecular weight excluding hydrogens is 426 g/mol. The Hall–Kier alpha value is -4.23. The van der Waals surface area contributed by atoms with Crippen LogP contribution in [0.4, 0.5) is 22.9 Å². The molecule has 34 heavy (non-hydrogen) atoms. The summed E-state index contributed by atoms with van der Waals surface area (Å²) in [6, 6.07) is 27.2. The summed E-state index contributed by atoms with van der Waals surface area (Å²) in [7, 11) is 0. The Kier molecular flexibility index (Phi) is 6.45. The topological polar surface area (TPSA) is 79.4 Å². The van der Waals surface area contributed by atoms with Gasteiger partial charge in [-0.1, -0.05) is 42.5 Å². The van der Waals surface area contributed by atoms with Crippen molar-refractivity contribution in [1.29, 1.82) is 0 Å². The average Bonchev–Trinajstić information content (AvgIpc) is 2.91. The molecule has 4 aromatic rings. The number of nitrogens with one attached hydrogen (secondary N) is 2. The lowest BCUT2D eigenvalue weighted by molar-refractivity contribution is 0.102. The summed E-state index contributed by atoms with van der Waals surface area (Å²) in [6.07, 6.45) is 1.77. The molecule has 2 heterocycles. The Morgan fingerprint density at radius 1 is 0.824 bits per heavy atom. The van der Waals surface area contributed by atoms with Gasteiger partial charge in [0.2, 0.25) is 0 Å². The summed E-state index contributed by atoms with van der Waals surface area (Å²) in [5.74, 6) is 0.517. The molecule has 1 fully saturated rings. The monoisotopic (exact) mass is 451 g/mol. The highest BCUT2D eigenvalue weighted by atomic mass is 16.5. The Morgan fingerprint density at radius 2 is 1.50 bits per heavy atom. The molecule has 0 atom stereocenters. The number of hydrogen-bond donors (Lipinski definition) is 2. The SMILES string of the molecule is O=C(Nc1ccc(Nc2cc(N3CCOCC3)cnn2)cc1)c1ccc(-c2ccccc2)cc1. The van der Waals surface area contributed by atoms with E-state index in [2.05, 4.69) is 37.9 Å². The molecule has 5 rings (SSSR count). The van der Waals surface area contributed by atoms with Crippen molar-refractivity contribution >= 4 is 28.8 Å². The van der Waals surface area contributed by atoms with Crippen LogP contribution in [0, 0.1) is 0 Å². The van der Waals surface area contributed by atoms with E-state index in [-0.39, 0.29) is 5.91 Å². The molecule has 1 saturated heterocycles. The van der Waals surface area contributed by atoms with Gasteiger partial charge in [0, 0.05) is 36.1 Å². The van der Waals surface area contributed by atoms with Crippen molar-refractivity contribution in [1.82, 2.24) is 10.2 Å². The van der Waals surface area contributed by atoms with Gasteiger partial charge in [0.25, 0.3) is 5.91 Å². The number of amides is 1. The molecule has 0 bridgehead atoms. The van der Waals surface area contributed by atoms with Crippen LogP contribution in [0.1, 0.15) is 10.4 Å². The number of ether oxygens (including phenoxy) is 1. The number of rotatable bonds is 6. The van der Waals surface area contributed by atoms with E-state index < -0.39 is 0 Å². The molecule has 0 aliphatic carbocycles. The van der Waals surface area contributed by atoms with Gasteiger partial charge in [-0.05, 0) is 47.5 Å². The lowest BCUT2D eigenvalue weighted by atomic mass is 10.0. The number of carbonyl (C=O) groups is 1. The average molecular weight is 452 g/mol. The summed E-state index contributed by atoms with van der Waals surface area (Å²) in [5.41, 5.74) is 5.40. The molecule has 170 valence electrons. The third-order valence-corrected chi connectivity index (χ3v) is 5.69. The van der Waals surface area contributed by atoms with E-state index in [1.54, 1.807) is 6.20 Å². The largest absolute Gasteiger partial charge is 0.378 e. The zero-order chi connectivity index (χ0) is 23.2. The lowest BCUT2D eigenvalue weighted by Crippen LogP contribution is -2.36. The van der Waals surface area contributed by atoms with Gasteiger partial charge >= 0.3 is 0 Å². The van der Waals surface area contributed by atoms with E-state index in [0.717, 1.165) is 54.5 Å². The van der Waals surface area contributed by atoms with E-state index in [9.17, 15) is 4.79 Å². The fourth-order valence-corrected chi connectivity index (χ4v) is 3.84. The zero-order valence-electron chi connectivity index (χ0n) is 18.6. The van der Waals surface area contributed by atoms with Crippen LogP contribution >= 0.6 is 0 Å². The number of hydrogen-bond acceptors (Lipinski definition) is 6. The Bertz CT molecular complexity index is 1240. The van der Waals surface area contributed by atoms with Crippen LogP contribution in [0.3, 0.4) is 0 Å². The number of benzene rings is 3. The third kappa shape index (κ3) is 5.22. The third-order valence-electron chi connectivity index (χ3n) is 5.69. The number of morpholine rings is 1. The van der Waals surface area contributed by atoms with Crippen LogP contribution in [0.2, 0.25) is 0 Å². The van der Waals surface area contributed by atoms with Crippen molar-refractivity contribution in [2.45, 2.75) is 0 Å². The van der Waals surface area contributed by atoms with E-state index >= 15 is 0 Å². The van der Waals surface area contributed by atoms with Gasteiger partial charge in [-0.3, -0.25) is 4.79 Å². The standard InChI is InChI=1S/C27H25N5O2/c33-27(22-8-6-21(7-9-22)20-4-2-1-3-5-20)30-24-12-10-23(11-13-24)29-26-18-25(19-28-31-26)32-14-16-34-17-15-32/h1-13,18-19H,14-17H2,(H,29,31)(H,30,33). The summed E-state index contributed by atoms with van der Waals surface area (Å²) in [6.45, 7) is 3.12. The van der Waals surface area contributed by atoms with Crippen LogP contribution < -0.4 is 15.5 Å². The smallest absolute Gasteiger partial charge is 0.255 e. The van der Waals surface area contributed by atoms with Gasteiger partial charge in [-0.2, -0.15) is 5.10 Å². The highest BCUT2D eigenvalue weighted by Gasteiger charge is 2.12. The van der Waals surface area contributed by atoms with Crippen molar-refractivity contribution in [3.8, 4) is 11.1 Å². The molecule has 0 radical (unpaired) electrons. The minimum atomic E-state index is -0.149. The molecule has 1 amide bonds. The van der Waals surface area contributed by atoms with Crippen LogP contribution in [-0.4, -0.2) is 42.4 Å². The van der Waals surface area contributed by atoms with E-state index in [4.69, 9.17) is 4.74 Å². The highest BCUT2D eigenvalue weighted by molar-refractivity contribution is 6.04. The first-order chi connectivity index (χ1) is 16.7. The van der Waals surface area contributed by atoms with Crippen LogP contribution in [0.25, 0.3) is 11.1 Å². The van der Waals surface area contributed by atoms with Gasteiger partial charge in [0.05, 0.1) is 25.1 Å². The van der Waals surface area contributed by atoms with Gasteiger partial charge < -0.3 is 20.3 Å². The van der Waals surface area contributed by atoms with Gasteiger partial charge in [0.1, 0.15) is 0 Å². The molecule has 1 aromatic heterocycles. The number of carbonyl (C=O) groups excluding carboxylic acids is 1. The van der Waals surface area contributed by atoms with Crippen molar-refractivity contribution in [3.63, 3.8) is 0 Å². The first-order valence-corrected chi connectivity index (χ1v) is 11.2. The maximum atomic E-state index is 12.7. The maximum Gasteiger partial charge on any atom is 0.255 e. The van der Waals surface area contributed by atoms with Crippen LogP contribution in [0.15, 0.2) is 91.1 Å². The Balaban J connectivity index is 1.20. The van der Waals surface area contributed by atoms with Gasteiger partial charge in [-0.15, -0.1) is 5.10 Å². The molecule has 0 saturated carbocycles. The Labute approximate surface area is 198 Å². The van der Waals surface area contributed by atoms with Crippen molar-refractivity contribution < 1.29 is 9.53 Å². The fourth-order valence-electron chi connectivity index (χ4n) is 3.84. The fraction of sp³-hybridized carbons (Fsp3) is 0.148. The van der Waals surface area contributed by atoms with Crippen LogP contribution in [0.5, 0.6) is 0 Å². The minimum Gasteiger partial charge on any atom is -0.378 e. The molecule has 0 spiro atoms. The summed E-state index contributed by atoms with van der Waals surface area (Å²) in [5, 5.41) is 14.5. The zero-order valence-corrected chi connectivity index (χ0v) is 18.6. The molecule has 7 nitrogen and oxygen atoms in total. The van der Waals surface area contributed by atoms with Crippen molar-refractivity contribution in [2.24, 2.45) is 0 Å². The van der Waals surface area contributed by atoms with Crippen LogP contribution in [-0.2, 0) is 4.74 Å². The van der Waals surface area contributed by atoms with E-state index in [1.807, 2.05) is 72.8 Å². The second-order valence-electron chi connectivity index (χ2n) is 8.00. The number of nitrogens with zero attached hydrogens (tertiary/aromatic N) is 3. The predicted octanol–water partition coefficient (Wildman–Crippen LogP) is 4.98. The number of aromatic nitrogens is 2. The highest BCUT2D eigenvalue weighted by Crippen LogP contribution is 2.23. The molecule has 1 aliphatic rings. The molecule has 7 heteroatoms. The first-order valence-electron chi connectivity index (χ1n) is 11.2. The molecular formula is C27H25N5O2. The first kappa shape index (κ1) is 21.6. The molecule has 1 aliphatic heterocycles. The maximum absolute atomic E-state index is 12.7. The van der Waals surface area contributed by atoms with E-state index in [1.165, 1.54) is 0 Å². The Morgan fingerprint density at radius 3 is 2.24 bits per heavy atom. The van der Waals surface area contributed by atoms with Gasteiger partial charge in [0.15, 0.2) is 5.82 Å². The number of anilines is 4. The van der Waals surface area contributed by atoms with Crippen molar-refractivity contribution in [3.05, 3.63) is 96.7 Å². The molecule has 3 aromatic carbocycles. The minimum absolute atomic E-state index is 0.149. The molecule has 2 N–H and O–H groups in total. The lowest BCUT2D eigenvalue weighted by Gasteiger charge is -2.28. The summed E-state index contributed by atoms with van der Waals surface area (Å²) < 4.78 is 5.41. The quantitative estimate of drug-likeness (QED) is 0.431. The van der Waals surface area contributed by atoms with Crippen molar-refractivity contribution in [2.75, 3.05) is 41.8 Å². The predicted molar refractivity (Wildman–Crippen MR) is 135 cm³/mol. The van der Waals surface area contributed by atoms with Gasteiger partial charge in [-0.25, -0.2) is 0 Å². The molecule has 0 unspecified atom stereocenters. The second-order valence-corrected chi connectivity index (χ2v) is 8.00. The normalized spacial score (nSPS) is 13.4.